The number of Topliss-reactive ketones (excluding diaryl/α,β-unsaturated/α-hetero) is 2. The highest BCUT2D eigenvalue weighted by molar-refractivity contribution is 6.03. The lowest BCUT2D eigenvalue weighted by Crippen LogP contribution is -2.56. The average Bonchev–Trinajstić information content (AvgIpc) is 3.68. The molecule has 8 rings (SSSR count). The van der Waals surface area contributed by atoms with Crippen molar-refractivity contribution in [2.45, 2.75) is 57.2 Å². The topological polar surface area (TPSA) is 59.2 Å². The van der Waals surface area contributed by atoms with Gasteiger partial charge >= 0.3 is 0 Å². The standard InChI is InChI=1S/C28H32O4/c29-26-18(10-21-14-31-21)3-1-5-23(26)25-20-8-16-7-17(9-20)13-28(25,12-16)24-6-2-4-19(27(24)30)11-22-15-32-22/h1-6,16-22,25H,7-15H2. The van der Waals surface area contributed by atoms with Crippen molar-refractivity contribution in [3.63, 3.8) is 0 Å². The highest BCUT2D eigenvalue weighted by Gasteiger charge is 2.61. The third-order valence-electron chi connectivity index (χ3n) is 9.47. The van der Waals surface area contributed by atoms with E-state index in [1.165, 1.54) is 19.3 Å². The molecule has 2 aliphatic heterocycles. The Morgan fingerprint density at radius 2 is 1.41 bits per heavy atom. The van der Waals surface area contributed by atoms with Crippen LogP contribution in [0.15, 0.2) is 47.6 Å². The SMILES string of the molecule is O=C1C(C2C3CC4CC(C3)CC2(C2=CC=CC(CC3CO3)C2=O)C4)=CC=CC1CC1CO1. The van der Waals surface area contributed by atoms with E-state index in [2.05, 4.69) is 36.5 Å². The lowest BCUT2D eigenvalue weighted by Gasteiger charge is -2.62. The molecule has 0 radical (unpaired) electrons. The predicted octanol–water partition coefficient (Wildman–Crippen LogP) is 4.37. The maximum absolute atomic E-state index is 13.8. The van der Waals surface area contributed by atoms with Crippen LogP contribution in [0.5, 0.6) is 0 Å². The van der Waals surface area contributed by atoms with E-state index in [1.807, 2.05) is 0 Å². The van der Waals surface area contributed by atoms with E-state index in [-0.39, 0.29) is 35.4 Å². The van der Waals surface area contributed by atoms with Crippen LogP contribution >= 0.6 is 0 Å². The number of carbonyl (C=O) groups excluding carboxylic acids is 2. The fraction of sp³-hybridized carbons (Fsp3) is 0.643. The number of hydrogen-bond acceptors (Lipinski definition) is 4. The van der Waals surface area contributed by atoms with E-state index >= 15 is 0 Å². The van der Waals surface area contributed by atoms with Crippen molar-refractivity contribution in [3.05, 3.63) is 47.6 Å². The van der Waals surface area contributed by atoms with Gasteiger partial charge in [0, 0.05) is 28.7 Å². The second kappa shape index (κ2) is 7.11. The second-order valence-corrected chi connectivity index (χ2v) is 11.5. The molecule has 6 fully saturated rings. The van der Waals surface area contributed by atoms with Crippen LogP contribution in [0.1, 0.15) is 44.9 Å². The minimum absolute atomic E-state index is 0.0626. The first-order valence-electron chi connectivity index (χ1n) is 12.7. The van der Waals surface area contributed by atoms with Crippen LogP contribution in [0.4, 0.5) is 0 Å². The Bertz CT molecular complexity index is 961. The molecule has 8 aliphatic rings. The molecule has 0 spiro atoms. The largest absolute Gasteiger partial charge is 0.373 e. The molecule has 4 heteroatoms. The van der Waals surface area contributed by atoms with Gasteiger partial charge in [-0.2, -0.15) is 0 Å². The number of ketones is 2. The molecule has 4 bridgehead atoms. The van der Waals surface area contributed by atoms with Crippen molar-refractivity contribution in [2.24, 2.45) is 40.9 Å². The smallest absolute Gasteiger partial charge is 0.166 e. The van der Waals surface area contributed by atoms with Crippen molar-refractivity contribution in [1.82, 2.24) is 0 Å². The summed E-state index contributed by atoms with van der Waals surface area (Å²) in [5, 5.41) is 0. The van der Waals surface area contributed by atoms with Crippen LogP contribution < -0.4 is 0 Å². The van der Waals surface area contributed by atoms with Gasteiger partial charge < -0.3 is 9.47 Å². The van der Waals surface area contributed by atoms with Gasteiger partial charge in [0.2, 0.25) is 0 Å². The first-order chi connectivity index (χ1) is 15.6. The molecule has 4 nitrogen and oxygen atoms in total. The third-order valence-corrected chi connectivity index (χ3v) is 9.47. The zero-order chi connectivity index (χ0) is 21.4. The minimum atomic E-state index is -0.160. The van der Waals surface area contributed by atoms with Gasteiger partial charge in [-0.15, -0.1) is 0 Å². The molecular weight excluding hydrogens is 400 g/mol. The molecule has 4 saturated carbocycles. The van der Waals surface area contributed by atoms with Crippen LogP contribution in [0.2, 0.25) is 0 Å². The number of rotatable bonds is 6. The second-order valence-electron chi connectivity index (χ2n) is 11.5. The van der Waals surface area contributed by atoms with E-state index in [0.29, 0.717) is 29.3 Å². The van der Waals surface area contributed by atoms with Crippen LogP contribution in [-0.4, -0.2) is 37.0 Å². The summed E-state index contributed by atoms with van der Waals surface area (Å²) in [4.78, 5) is 27.5. The number of hydrogen-bond donors (Lipinski definition) is 0. The molecule has 6 aliphatic carbocycles. The summed E-state index contributed by atoms with van der Waals surface area (Å²) in [5.74, 6) is 2.61. The van der Waals surface area contributed by atoms with Gasteiger partial charge in [-0.3, -0.25) is 9.59 Å². The van der Waals surface area contributed by atoms with Crippen molar-refractivity contribution in [2.75, 3.05) is 13.2 Å². The summed E-state index contributed by atoms with van der Waals surface area (Å²) >= 11 is 0. The Labute approximate surface area is 189 Å². The quantitative estimate of drug-likeness (QED) is 0.585. The van der Waals surface area contributed by atoms with E-state index in [0.717, 1.165) is 50.0 Å². The highest BCUT2D eigenvalue weighted by atomic mass is 16.6. The molecular formula is C28H32O4. The number of allylic oxidation sites excluding steroid dienone is 8. The molecule has 0 amide bonds. The first-order valence-corrected chi connectivity index (χ1v) is 12.7. The Kier molecular flexibility index (Phi) is 4.37. The summed E-state index contributed by atoms with van der Waals surface area (Å²) in [6.07, 6.45) is 20.6. The van der Waals surface area contributed by atoms with Crippen molar-refractivity contribution < 1.29 is 19.1 Å². The zero-order valence-electron chi connectivity index (χ0n) is 18.6. The Morgan fingerprint density at radius 3 is 2.03 bits per heavy atom. The molecule has 7 atom stereocenters. The molecule has 0 aromatic rings. The molecule has 0 aromatic heterocycles. The van der Waals surface area contributed by atoms with Gasteiger partial charge in [0.05, 0.1) is 25.4 Å². The fourth-order valence-electron chi connectivity index (χ4n) is 8.33. The highest BCUT2D eigenvalue weighted by Crippen LogP contribution is 2.68. The van der Waals surface area contributed by atoms with Crippen LogP contribution in [0.3, 0.4) is 0 Å². The lowest BCUT2D eigenvalue weighted by atomic mass is 9.41. The first kappa shape index (κ1) is 19.7. The van der Waals surface area contributed by atoms with E-state index < -0.39 is 0 Å². The van der Waals surface area contributed by atoms with Crippen LogP contribution in [-0.2, 0) is 19.1 Å². The molecule has 32 heavy (non-hydrogen) atoms. The van der Waals surface area contributed by atoms with E-state index in [4.69, 9.17) is 9.47 Å². The van der Waals surface area contributed by atoms with Crippen molar-refractivity contribution in [3.8, 4) is 0 Å². The molecule has 7 unspecified atom stereocenters. The maximum atomic E-state index is 13.8. The summed E-state index contributed by atoms with van der Waals surface area (Å²) in [7, 11) is 0. The fourth-order valence-corrected chi connectivity index (χ4v) is 8.33. The van der Waals surface area contributed by atoms with Crippen LogP contribution in [0.25, 0.3) is 0 Å². The van der Waals surface area contributed by atoms with Gasteiger partial charge in [0.25, 0.3) is 0 Å². The lowest BCUT2D eigenvalue weighted by molar-refractivity contribution is -0.129. The summed E-state index contributed by atoms with van der Waals surface area (Å²) in [5.41, 5.74) is 1.87. The van der Waals surface area contributed by atoms with E-state index in [9.17, 15) is 9.59 Å². The van der Waals surface area contributed by atoms with Crippen LogP contribution in [0, 0.1) is 40.9 Å². The maximum Gasteiger partial charge on any atom is 0.166 e. The molecule has 2 saturated heterocycles. The zero-order valence-corrected chi connectivity index (χ0v) is 18.6. The van der Waals surface area contributed by atoms with Crippen molar-refractivity contribution in [1.29, 1.82) is 0 Å². The average molecular weight is 433 g/mol. The minimum Gasteiger partial charge on any atom is -0.373 e. The van der Waals surface area contributed by atoms with E-state index in [1.54, 1.807) is 0 Å². The Morgan fingerprint density at radius 1 is 0.812 bits per heavy atom. The van der Waals surface area contributed by atoms with Gasteiger partial charge in [0.1, 0.15) is 0 Å². The predicted molar refractivity (Wildman–Crippen MR) is 120 cm³/mol. The normalized spacial score (nSPS) is 48.1. The number of carbonyl (C=O) groups is 2. The number of ether oxygens (including phenoxy) is 2. The van der Waals surface area contributed by atoms with Gasteiger partial charge in [-0.05, 0) is 68.3 Å². The summed E-state index contributed by atoms with van der Waals surface area (Å²) in [6, 6.07) is 0. The number of epoxide rings is 2. The molecule has 0 aromatic carbocycles. The van der Waals surface area contributed by atoms with Gasteiger partial charge in [-0.25, -0.2) is 0 Å². The summed E-state index contributed by atoms with van der Waals surface area (Å²) < 4.78 is 10.9. The molecule has 2 heterocycles. The monoisotopic (exact) mass is 432 g/mol. The van der Waals surface area contributed by atoms with Crippen molar-refractivity contribution >= 4 is 11.6 Å². The Balaban J connectivity index is 1.26. The molecule has 168 valence electrons. The summed E-state index contributed by atoms with van der Waals surface area (Å²) in [6.45, 7) is 1.58. The Hall–Kier alpha value is -1.78. The van der Waals surface area contributed by atoms with Gasteiger partial charge in [0.15, 0.2) is 11.6 Å². The van der Waals surface area contributed by atoms with Gasteiger partial charge in [-0.1, -0.05) is 36.5 Å². The molecule has 0 N–H and O–H groups in total. The third kappa shape index (κ3) is 3.09.